The van der Waals surface area contributed by atoms with Gasteiger partial charge in [0.2, 0.25) is 9.47 Å². The SMILES string of the molecule is CN(Cc1cccc(C#N)c1)C(=O)c1nnc(Cl)s1. The summed E-state index contributed by atoms with van der Waals surface area (Å²) < 4.78 is 0.239. The van der Waals surface area contributed by atoms with Gasteiger partial charge in [-0.25, -0.2) is 0 Å². The van der Waals surface area contributed by atoms with E-state index in [1.54, 1.807) is 25.2 Å². The number of carbonyl (C=O) groups is 1. The highest BCUT2D eigenvalue weighted by molar-refractivity contribution is 7.17. The highest BCUT2D eigenvalue weighted by atomic mass is 35.5. The van der Waals surface area contributed by atoms with Gasteiger partial charge in [0, 0.05) is 13.6 Å². The molecule has 0 fully saturated rings. The Labute approximate surface area is 119 Å². The predicted molar refractivity (Wildman–Crippen MR) is 71.9 cm³/mol. The highest BCUT2D eigenvalue weighted by Crippen LogP contribution is 2.17. The third kappa shape index (κ3) is 3.28. The Kier molecular flexibility index (Phi) is 4.10. The molecule has 1 heterocycles. The Hall–Kier alpha value is -1.97. The second-order valence-corrected chi connectivity index (χ2v) is 5.39. The van der Waals surface area contributed by atoms with Gasteiger partial charge < -0.3 is 4.90 Å². The lowest BCUT2D eigenvalue weighted by atomic mass is 10.1. The van der Waals surface area contributed by atoms with Crippen LogP contribution < -0.4 is 0 Å². The zero-order valence-corrected chi connectivity index (χ0v) is 11.6. The van der Waals surface area contributed by atoms with Crippen molar-refractivity contribution in [2.24, 2.45) is 0 Å². The Morgan fingerprint density at radius 2 is 2.32 bits per heavy atom. The molecule has 0 aliphatic carbocycles. The second-order valence-electron chi connectivity index (χ2n) is 3.83. The number of amides is 1. The molecule has 0 aliphatic heterocycles. The minimum Gasteiger partial charge on any atom is -0.335 e. The Bertz CT molecular complexity index is 649. The van der Waals surface area contributed by atoms with Crippen LogP contribution in [-0.4, -0.2) is 28.1 Å². The number of aromatic nitrogens is 2. The minimum atomic E-state index is -0.244. The number of benzene rings is 1. The third-order valence-corrected chi connectivity index (χ3v) is 3.41. The van der Waals surface area contributed by atoms with Crippen LogP contribution in [0.25, 0.3) is 0 Å². The van der Waals surface area contributed by atoms with Crippen molar-refractivity contribution in [2.75, 3.05) is 7.05 Å². The summed E-state index contributed by atoms with van der Waals surface area (Å²) in [6, 6.07) is 9.17. The van der Waals surface area contributed by atoms with Crippen molar-refractivity contribution >= 4 is 28.8 Å². The van der Waals surface area contributed by atoms with Crippen molar-refractivity contribution < 1.29 is 4.79 Å². The first-order chi connectivity index (χ1) is 9.10. The minimum absolute atomic E-state index is 0.239. The average molecular weight is 293 g/mol. The maximum absolute atomic E-state index is 12.0. The van der Waals surface area contributed by atoms with Crippen molar-refractivity contribution in [2.45, 2.75) is 6.54 Å². The molecule has 5 nitrogen and oxygen atoms in total. The quantitative estimate of drug-likeness (QED) is 0.870. The summed E-state index contributed by atoms with van der Waals surface area (Å²) in [4.78, 5) is 13.5. The third-order valence-electron chi connectivity index (χ3n) is 2.41. The Morgan fingerprint density at radius 1 is 1.53 bits per heavy atom. The van der Waals surface area contributed by atoms with Crippen LogP contribution in [0.2, 0.25) is 4.47 Å². The van der Waals surface area contributed by atoms with Crippen LogP contribution in [0.4, 0.5) is 0 Å². The van der Waals surface area contributed by atoms with Gasteiger partial charge in [-0.2, -0.15) is 5.26 Å². The predicted octanol–water partition coefficient (Wildman–Crippen LogP) is 2.34. The topological polar surface area (TPSA) is 69.9 Å². The summed E-state index contributed by atoms with van der Waals surface area (Å²) in [5, 5.41) is 16.4. The van der Waals surface area contributed by atoms with Gasteiger partial charge in [-0.1, -0.05) is 23.5 Å². The van der Waals surface area contributed by atoms with Crippen LogP contribution in [0.15, 0.2) is 24.3 Å². The molecule has 0 radical (unpaired) electrons. The Morgan fingerprint density at radius 3 is 2.95 bits per heavy atom. The number of nitriles is 1. The lowest BCUT2D eigenvalue weighted by Gasteiger charge is -2.15. The molecular weight excluding hydrogens is 284 g/mol. The van der Waals surface area contributed by atoms with E-state index in [-0.39, 0.29) is 15.4 Å². The number of rotatable bonds is 3. The van der Waals surface area contributed by atoms with E-state index >= 15 is 0 Å². The maximum Gasteiger partial charge on any atom is 0.284 e. The number of halogens is 1. The van der Waals surface area contributed by atoms with Crippen LogP contribution in [0.5, 0.6) is 0 Å². The molecule has 19 heavy (non-hydrogen) atoms. The zero-order valence-electron chi connectivity index (χ0n) is 10.00. The fraction of sp³-hybridized carbons (Fsp3) is 0.167. The van der Waals surface area contributed by atoms with Crippen molar-refractivity contribution in [1.82, 2.24) is 15.1 Å². The smallest absolute Gasteiger partial charge is 0.284 e. The van der Waals surface area contributed by atoms with Crippen molar-refractivity contribution in [3.05, 3.63) is 44.9 Å². The van der Waals surface area contributed by atoms with Gasteiger partial charge in [0.1, 0.15) is 0 Å². The molecule has 0 unspecified atom stereocenters. The first-order valence-electron chi connectivity index (χ1n) is 5.33. The van der Waals surface area contributed by atoms with Crippen LogP contribution in [0.1, 0.15) is 20.9 Å². The number of carbonyl (C=O) groups excluding carboxylic acids is 1. The van der Waals surface area contributed by atoms with Crippen LogP contribution in [0, 0.1) is 11.3 Å². The lowest BCUT2D eigenvalue weighted by molar-refractivity contribution is 0.0784. The molecular formula is C12H9ClN4OS. The van der Waals surface area contributed by atoms with Gasteiger partial charge in [0.15, 0.2) is 0 Å². The fourth-order valence-electron chi connectivity index (χ4n) is 1.54. The molecule has 7 heteroatoms. The van der Waals surface area contributed by atoms with Gasteiger partial charge in [0.05, 0.1) is 11.6 Å². The van der Waals surface area contributed by atoms with Crippen LogP contribution >= 0.6 is 22.9 Å². The van der Waals surface area contributed by atoms with E-state index in [4.69, 9.17) is 16.9 Å². The first-order valence-corrected chi connectivity index (χ1v) is 6.53. The van der Waals surface area contributed by atoms with E-state index in [9.17, 15) is 4.79 Å². The van der Waals surface area contributed by atoms with Gasteiger partial charge in [-0.05, 0) is 29.3 Å². The molecule has 0 N–H and O–H groups in total. The summed E-state index contributed by atoms with van der Waals surface area (Å²) in [7, 11) is 1.66. The molecule has 0 spiro atoms. The number of nitrogens with zero attached hydrogens (tertiary/aromatic N) is 4. The molecule has 0 atom stereocenters. The molecule has 0 aliphatic rings. The maximum atomic E-state index is 12.0. The van der Waals surface area contributed by atoms with E-state index in [1.165, 1.54) is 4.90 Å². The normalized spacial score (nSPS) is 9.95. The summed E-state index contributed by atoms with van der Waals surface area (Å²) in [6.45, 7) is 0.394. The van der Waals surface area contributed by atoms with Crippen molar-refractivity contribution in [3.63, 3.8) is 0 Å². The molecule has 1 aromatic heterocycles. The van der Waals surface area contributed by atoms with E-state index in [2.05, 4.69) is 16.3 Å². The van der Waals surface area contributed by atoms with Gasteiger partial charge in [0.25, 0.3) is 5.91 Å². The van der Waals surface area contributed by atoms with Gasteiger partial charge in [-0.15, -0.1) is 10.2 Å². The van der Waals surface area contributed by atoms with E-state index in [1.807, 2.05) is 6.07 Å². The molecule has 1 aromatic carbocycles. The largest absolute Gasteiger partial charge is 0.335 e. The molecule has 2 rings (SSSR count). The van der Waals surface area contributed by atoms with Crippen LogP contribution in [0.3, 0.4) is 0 Å². The van der Waals surface area contributed by atoms with Gasteiger partial charge in [-0.3, -0.25) is 4.79 Å². The zero-order chi connectivity index (χ0) is 13.8. The van der Waals surface area contributed by atoms with E-state index < -0.39 is 0 Å². The molecule has 0 saturated heterocycles. The highest BCUT2D eigenvalue weighted by Gasteiger charge is 2.17. The average Bonchev–Trinajstić information content (AvgIpc) is 2.84. The van der Waals surface area contributed by atoms with Crippen LogP contribution in [-0.2, 0) is 6.54 Å². The summed E-state index contributed by atoms with van der Waals surface area (Å²) in [5.41, 5.74) is 1.45. The molecule has 2 aromatic rings. The number of hydrogen-bond acceptors (Lipinski definition) is 5. The summed E-state index contributed by atoms with van der Waals surface area (Å²) >= 11 is 6.69. The Balaban J connectivity index is 2.10. The summed E-state index contributed by atoms with van der Waals surface area (Å²) in [5.74, 6) is -0.244. The molecule has 1 amide bonds. The van der Waals surface area contributed by atoms with Gasteiger partial charge >= 0.3 is 0 Å². The monoisotopic (exact) mass is 292 g/mol. The number of hydrogen-bond donors (Lipinski definition) is 0. The standard InChI is InChI=1S/C12H9ClN4OS/c1-17(11(18)10-15-16-12(13)19-10)7-9-4-2-3-8(5-9)6-14/h2-5H,7H2,1H3. The lowest BCUT2D eigenvalue weighted by Crippen LogP contribution is -2.26. The molecule has 96 valence electrons. The second kappa shape index (κ2) is 5.78. The summed E-state index contributed by atoms with van der Waals surface area (Å²) in [6.07, 6.45) is 0. The molecule has 0 bridgehead atoms. The van der Waals surface area contributed by atoms with Crippen molar-refractivity contribution in [3.8, 4) is 6.07 Å². The van der Waals surface area contributed by atoms with E-state index in [0.29, 0.717) is 12.1 Å². The van der Waals surface area contributed by atoms with Crippen molar-refractivity contribution in [1.29, 1.82) is 5.26 Å². The molecule has 0 saturated carbocycles. The fourth-order valence-corrected chi connectivity index (χ4v) is 2.36. The first kappa shape index (κ1) is 13.5. The van der Waals surface area contributed by atoms with E-state index in [0.717, 1.165) is 16.9 Å².